The molecule has 0 saturated heterocycles. The van der Waals surface area contributed by atoms with Crippen molar-refractivity contribution in [3.8, 4) is 0 Å². The minimum absolute atomic E-state index is 0.179. The van der Waals surface area contributed by atoms with Crippen LogP contribution in [-0.2, 0) is 42.2 Å². The Hall–Kier alpha value is -1.52. The van der Waals surface area contributed by atoms with Gasteiger partial charge in [0.15, 0.2) is 6.10 Å². The maximum atomic E-state index is 13.0. The average molecular weight is 1160 g/mol. The zero-order valence-electron chi connectivity index (χ0n) is 53.1. The van der Waals surface area contributed by atoms with Crippen molar-refractivity contribution in [2.45, 2.75) is 393 Å². The Kier molecular flexibility index (Phi) is 62.3. The molecule has 476 valence electrons. The molecule has 3 unspecified atom stereocenters. The molecule has 0 saturated carbocycles. The van der Waals surface area contributed by atoms with E-state index < -0.39 is 57.8 Å². The van der Waals surface area contributed by atoms with Gasteiger partial charge in [-0.15, -0.1) is 0 Å². The van der Waals surface area contributed by atoms with Crippen LogP contribution in [0.3, 0.4) is 0 Å². The third-order valence-corrected chi connectivity index (χ3v) is 17.0. The van der Waals surface area contributed by atoms with Gasteiger partial charge in [0.25, 0.3) is 0 Å². The Balaban J connectivity index is 4.60. The first-order valence-corrected chi connectivity index (χ1v) is 36.4. The van der Waals surface area contributed by atoms with Crippen molar-refractivity contribution in [2.24, 2.45) is 0 Å². The van der Waals surface area contributed by atoms with Crippen LogP contribution in [0.5, 0.6) is 0 Å². The third-order valence-electron chi connectivity index (χ3n) is 16.0. The van der Waals surface area contributed by atoms with Gasteiger partial charge >= 0.3 is 25.7 Å². The van der Waals surface area contributed by atoms with E-state index in [1.54, 1.807) is 0 Å². The fourth-order valence-electron chi connectivity index (χ4n) is 10.7. The van der Waals surface area contributed by atoms with Gasteiger partial charge in [-0.3, -0.25) is 23.4 Å². The number of carbonyl (C=O) groups excluding carboxylic acids is 3. The molecule has 80 heavy (non-hydrogen) atoms. The summed E-state index contributed by atoms with van der Waals surface area (Å²) in [5.74, 6) is -1.41. The quantitative estimate of drug-likeness (QED) is 0.0259. The van der Waals surface area contributed by atoms with E-state index in [0.29, 0.717) is 19.3 Å². The minimum atomic E-state index is -4.74. The zero-order valence-corrected chi connectivity index (χ0v) is 54.0. The number of carbonyl (C=O) groups is 3. The molecule has 0 aromatic carbocycles. The highest BCUT2D eigenvalue weighted by atomic mass is 31.2. The van der Waals surface area contributed by atoms with E-state index in [-0.39, 0.29) is 25.9 Å². The van der Waals surface area contributed by atoms with E-state index in [1.165, 1.54) is 263 Å². The van der Waals surface area contributed by atoms with Gasteiger partial charge in [0, 0.05) is 19.3 Å². The van der Waals surface area contributed by atoms with Gasteiger partial charge in [-0.25, -0.2) is 4.57 Å². The molecule has 0 aromatic heterocycles. The van der Waals surface area contributed by atoms with Crippen LogP contribution in [0.25, 0.3) is 0 Å². The Morgan fingerprint density at radius 2 is 0.500 bits per heavy atom. The van der Waals surface area contributed by atoms with Crippen LogP contribution in [0.1, 0.15) is 380 Å². The van der Waals surface area contributed by atoms with Crippen LogP contribution in [-0.4, -0.2) is 66.5 Å². The molecule has 0 rings (SSSR count). The fourth-order valence-corrected chi connectivity index (χ4v) is 11.5. The molecule has 0 aliphatic carbocycles. The van der Waals surface area contributed by atoms with Crippen molar-refractivity contribution < 1.29 is 52.2 Å². The Bertz CT molecular complexity index is 1350. The average Bonchev–Trinajstić information content (AvgIpc) is 3.45. The van der Waals surface area contributed by atoms with Gasteiger partial charge in [0.05, 0.1) is 19.8 Å². The first-order chi connectivity index (χ1) is 39.2. The van der Waals surface area contributed by atoms with Gasteiger partial charge in [-0.1, -0.05) is 342 Å². The first kappa shape index (κ1) is 78.5. The Labute approximate surface area is 494 Å². The molecule has 0 aromatic rings. The second-order valence-electron chi connectivity index (χ2n) is 24.1. The zero-order chi connectivity index (χ0) is 58.3. The van der Waals surface area contributed by atoms with Crippen molar-refractivity contribution in [1.82, 2.24) is 0 Å². The number of aliphatic hydroxyl groups excluding tert-OH is 1. The number of aliphatic hydroxyl groups is 1. The van der Waals surface area contributed by atoms with Crippen LogP contribution >= 0.6 is 7.82 Å². The molecule has 0 aliphatic rings. The summed E-state index contributed by atoms with van der Waals surface area (Å²) in [6, 6.07) is 0. The number of esters is 3. The molecule has 2 N–H and O–H groups in total. The summed E-state index contributed by atoms with van der Waals surface area (Å²) in [4.78, 5) is 48.9. The fraction of sp³-hybridized carbons (Fsp3) is 0.956. The van der Waals surface area contributed by atoms with E-state index in [1.807, 2.05) is 0 Å². The minimum Gasteiger partial charge on any atom is -0.462 e. The topological polar surface area (TPSA) is 155 Å². The lowest BCUT2D eigenvalue weighted by Crippen LogP contribution is -2.30. The van der Waals surface area contributed by atoms with Gasteiger partial charge in [-0.2, -0.15) is 0 Å². The summed E-state index contributed by atoms with van der Waals surface area (Å²) in [5.41, 5.74) is 0. The van der Waals surface area contributed by atoms with Gasteiger partial charge in [0.2, 0.25) is 0 Å². The maximum absolute atomic E-state index is 13.0. The van der Waals surface area contributed by atoms with Crippen molar-refractivity contribution in [3.63, 3.8) is 0 Å². The summed E-state index contributed by atoms with van der Waals surface area (Å²) in [7, 11) is -4.74. The molecule has 0 fully saturated rings. The summed E-state index contributed by atoms with van der Waals surface area (Å²) in [6.07, 6.45) is 64.8. The van der Waals surface area contributed by atoms with E-state index >= 15 is 0 Å². The first-order valence-electron chi connectivity index (χ1n) is 34.9. The smallest absolute Gasteiger partial charge is 0.462 e. The SMILES string of the molecule is CCCCCCCCCCCCCCCCCCCCCC(=O)OC(COC(=O)CCCCCCCCCCCCCCCCCCC)COP(=O)(O)OCC(CO)OC(=O)CCCCCCCCCCCCCCCCCCC. The molecular formula is C68H133O11P. The summed E-state index contributed by atoms with van der Waals surface area (Å²) in [5, 5.41) is 9.87. The van der Waals surface area contributed by atoms with Crippen molar-refractivity contribution in [1.29, 1.82) is 0 Å². The lowest BCUT2D eigenvalue weighted by molar-refractivity contribution is -0.161. The third kappa shape index (κ3) is 61.1. The number of phosphoric acid groups is 1. The van der Waals surface area contributed by atoms with Gasteiger partial charge in [-0.05, 0) is 19.3 Å². The number of ether oxygens (including phenoxy) is 3. The Morgan fingerprint density at radius 3 is 0.738 bits per heavy atom. The lowest BCUT2D eigenvalue weighted by Gasteiger charge is -2.21. The van der Waals surface area contributed by atoms with Gasteiger partial charge in [0.1, 0.15) is 12.7 Å². The monoisotopic (exact) mass is 1160 g/mol. The molecular weight excluding hydrogens is 1020 g/mol. The second-order valence-corrected chi connectivity index (χ2v) is 25.5. The summed E-state index contributed by atoms with van der Waals surface area (Å²) < 4.78 is 39.8. The van der Waals surface area contributed by atoms with E-state index in [2.05, 4.69) is 20.8 Å². The summed E-state index contributed by atoms with van der Waals surface area (Å²) >= 11 is 0. The molecule has 11 nitrogen and oxygen atoms in total. The largest absolute Gasteiger partial charge is 0.472 e. The number of unbranched alkanes of at least 4 members (excludes halogenated alkanes) is 50. The van der Waals surface area contributed by atoms with Gasteiger partial charge < -0.3 is 24.2 Å². The number of hydrogen-bond acceptors (Lipinski definition) is 10. The molecule has 0 spiro atoms. The van der Waals surface area contributed by atoms with Crippen molar-refractivity contribution in [3.05, 3.63) is 0 Å². The molecule has 0 aliphatic heterocycles. The van der Waals surface area contributed by atoms with E-state index in [9.17, 15) is 28.9 Å². The number of phosphoric ester groups is 1. The Morgan fingerprint density at radius 1 is 0.300 bits per heavy atom. The van der Waals surface area contributed by atoms with E-state index in [0.717, 1.165) is 57.8 Å². The van der Waals surface area contributed by atoms with Crippen LogP contribution in [0.4, 0.5) is 0 Å². The molecule has 0 heterocycles. The highest BCUT2D eigenvalue weighted by Gasteiger charge is 2.28. The number of hydrogen-bond donors (Lipinski definition) is 2. The molecule has 0 bridgehead atoms. The van der Waals surface area contributed by atoms with Crippen LogP contribution in [0.2, 0.25) is 0 Å². The predicted molar refractivity (Wildman–Crippen MR) is 335 cm³/mol. The molecule has 0 amide bonds. The van der Waals surface area contributed by atoms with Crippen LogP contribution < -0.4 is 0 Å². The molecule has 0 radical (unpaired) electrons. The van der Waals surface area contributed by atoms with Crippen molar-refractivity contribution >= 4 is 25.7 Å². The predicted octanol–water partition coefficient (Wildman–Crippen LogP) is 21.4. The summed E-state index contributed by atoms with van der Waals surface area (Å²) in [6.45, 7) is 4.78. The molecule has 3 atom stereocenters. The van der Waals surface area contributed by atoms with E-state index in [4.69, 9.17) is 23.3 Å². The highest BCUT2D eigenvalue weighted by molar-refractivity contribution is 7.47. The van der Waals surface area contributed by atoms with Crippen LogP contribution in [0.15, 0.2) is 0 Å². The molecule has 12 heteroatoms. The second kappa shape index (κ2) is 63.5. The van der Waals surface area contributed by atoms with Crippen LogP contribution in [0, 0.1) is 0 Å². The number of rotatable bonds is 67. The highest BCUT2D eigenvalue weighted by Crippen LogP contribution is 2.43. The standard InChI is InChI=1S/C68H133O11P/c1-4-7-10-13-16-19-22-25-28-31-32-35-38-41-44-47-50-53-56-59-68(72)79-65(61-75-66(70)57-54-51-48-45-42-39-36-33-29-26-23-20-17-14-11-8-5-2)63-77-80(73,74)76-62-64(60-69)78-67(71)58-55-52-49-46-43-40-37-34-30-27-24-21-18-15-12-9-6-3/h64-65,69H,4-63H2,1-3H3,(H,73,74). The van der Waals surface area contributed by atoms with Crippen molar-refractivity contribution in [2.75, 3.05) is 26.4 Å². The lowest BCUT2D eigenvalue weighted by atomic mass is 10.0. The maximum Gasteiger partial charge on any atom is 0.472 e. The normalized spacial score (nSPS) is 13.1.